The molecule has 4 heteroatoms. The first kappa shape index (κ1) is 13.6. The Balaban J connectivity index is 2.30. The molecular formula is C15H18FN3. The van der Waals surface area contributed by atoms with Crippen molar-refractivity contribution in [3.63, 3.8) is 0 Å². The van der Waals surface area contributed by atoms with Gasteiger partial charge in [0.05, 0.1) is 0 Å². The molecule has 1 aromatic carbocycles. The highest BCUT2D eigenvalue weighted by molar-refractivity contribution is 5.63. The number of hydrogen-bond acceptors (Lipinski definition) is 3. The van der Waals surface area contributed by atoms with E-state index in [1.807, 2.05) is 12.1 Å². The van der Waals surface area contributed by atoms with Gasteiger partial charge in [-0.15, -0.1) is 0 Å². The first-order valence-corrected chi connectivity index (χ1v) is 6.50. The maximum atomic E-state index is 13.9. The second-order valence-electron chi connectivity index (χ2n) is 4.54. The zero-order valence-electron chi connectivity index (χ0n) is 11.2. The smallest absolute Gasteiger partial charge is 0.131 e. The van der Waals surface area contributed by atoms with Crippen LogP contribution in [0.1, 0.15) is 31.9 Å². The molecule has 0 fully saturated rings. The summed E-state index contributed by atoms with van der Waals surface area (Å²) in [4.78, 5) is 7.87. The number of halogens is 1. The van der Waals surface area contributed by atoms with Crippen molar-refractivity contribution < 1.29 is 4.39 Å². The third-order valence-corrected chi connectivity index (χ3v) is 3.06. The molecule has 1 heterocycles. The lowest BCUT2D eigenvalue weighted by molar-refractivity contribution is 0.568. The second kappa shape index (κ2) is 6.38. The fourth-order valence-corrected chi connectivity index (χ4v) is 1.95. The number of nitrogens with zero attached hydrogens (tertiary/aromatic N) is 2. The van der Waals surface area contributed by atoms with Crippen molar-refractivity contribution in [1.29, 1.82) is 0 Å². The number of hydrogen-bond donors (Lipinski definition) is 1. The summed E-state index contributed by atoms with van der Waals surface area (Å²) >= 11 is 0. The molecule has 0 aliphatic rings. The summed E-state index contributed by atoms with van der Waals surface area (Å²) in [5.41, 5.74) is 2.31. The van der Waals surface area contributed by atoms with Crippen molar-refractivity contribution in [2.45, 2.75) is 26.3 Å². The van der Waals surface area contributed by atoms with E-state index in [9.17, 15) is 4.39 Å². The second-order valence-corrected chi connectivity index (χ2v) is 4.54. The first-order valence-electron chi connectivity index (χ1n) is 6.50. The van der Waals surface area contributed by atoms with Crippen LogP contribution in [-0.4, -0.2) is 16.5 Å². The van der Waals surface area contributed by atoms with E-state index in [2.05, 4.69) is 29.1 Å². The van der Waals surface area contributed by atoms with E-state index in [1.165, 1.54) is 12.4 Å². The predicted octanol–water partition coefficient (Wildman–Crippen LogP) is 3.34. The third kappa shape index (κ3) is 3.35. The molecule has 100 valence electrons. The van der Waals surface area contributed by atoms with E-state index in [4.69, 9.17) is 0 Å². The van der Waals surface area contributed by atoms with Crippen LogP contribution in [0.5, 0.6) is 0 Å². The van der Waals surface area contributed by atoms with Gasteiger partial charge in [-0.2, -0.15) is 0 Å². The van der Waals surface area contributed by atoms with Gasteiger partial charge in [-0.05, 0) is 37.6 Å². The Morgan fingerprint density at radius 1 is 1.26 bits per heavy atom. The standard InChI is InChI=1S/C15H18FN3/c1-3-6-19-11(2)12-4-5-15(16)14(7-12)13-8-17-10-18-9-13/h4-5,7-11,19H,3,6H2,1-2H3. The van der Waals surface area contributed by atoms with Gasteiger partial charge in [-0.25, -0.2) is 14.4 Å². The van der Waals surface area contributed by atoms with Crippen LogP contribution >= 0.6 is 0 Å². The highest BCUT2D eigenvalue weighted by atomic mass is 19.1. The molecule has 0 saturated heterocycles. The van der Waals surface area contributed by atoms with E-state index in [-0.39, 0.29) is 11.9 Å². The minimum atomic E-state index is -0.249. The molecule has 1 unspecified atom stereocenters. The van der Waals surface area contributed by atoms with Gasteiger partial charge in [0, 0.05) is 29.6 Å². The van der Waals surface area contributed by atoms with Crippen molar-refractivity contribution in [3.8, 4) is 11.1 Å². The van der Waals surface area contributed by atoms with Crippen LogP contribution in [0.2, 0.25) is 0 Å². The molecule has 1 aromatic heterocycles. The van der Waals surface area contributed by atoms with E-state index in [0.717, 1.165) is 18.5 Å². The SMILES string of the molecule is CCCNC(C)c1ccc(F)c(-c2cncnc2)c1. The molecule has 0 aliphatic heterocycles. The Labute approximate surface area is 112 Å². The Kier molecular flexibility index (Phi) is 4.58. The molecule has 0 bridgehead atoms. The lowest BCUT2D eigenvalue weighted by Crippen LogP contribution is -2.19. The molecule has 3 nitrogen and oxygen atoms in total. The number of benzene rings is 1. The van der Waals surface area contributed by atoms with Crippen molar-refractivity contribution in [2.75, 3.05) is 6.54 Å². The Morgan fingerprint density at radius 3 is 2.68 bits per heavy atom. The summed E-state index contributed by atoms with van der Waals surface area (Å²) < 4.78 is 13.9. The number of aromatic nitrogens is 2. The third-order valence-electron chi connectivity index (χ3n) is 3.06. The van der Waals surface area contributed by atoms with Crippen LogP contribution < -0.4 is 5.32 Å². The Morgan fingerprint density at radius 2 is 2.00 bits per heavy atom. The van der Waals surface area contributed by atoms with Gasteiger partial charge in [-0.1, -0.05) is 13.0 Å². The molecular weight excluding hydrogens is 241 g/mol. The highest BCUT2D eigenvalue weighted by Gasteiger charge is 2.10. The lowest BCUT2D eigenvalue weighted by atomic mass is 10.0. The average molecular weight is 259 g/mol. The van der Waals surface area contributed by atoms with Gasteiger partial charge in [0.15, 0.2) is 0 Å². The summed E-state index contributed by atoms with van der Waals surface area (Å²) in [6, 6.07) is 5.38. The minimum Gasteiger partial charge on any atom is -0.310 e. The highest BCUT2D eigenvalue weighted by Crippen LogP contribution is 2.25. The normalized spacial score (nSPS) is 12.4. The van der Waals surface area contributed by atoms with E-state index in [0.29, 0.717) is 11.1 Å². The fourth-order valence-electron chi connectivity index (χ4n) is 1.95. The topological polar surface area (TPSA) is 37.8 Å². The minimum absolute atomic E-state index is 0.198. The largest absolute Gasteiger partial charge is 0.310 e. The van der Waals surface area contributed by atoms with Crippen molar-refractivity contribution in [3.05, 3.63) is 48.3 Å². The first-order chi connectivity index (χ1) is 9.22. The maximum absolute atomic E-state index is 13.9. The molecule has 1 N–H and O–H groups in total. The summed E-state index contributed by atoms with van der Waals surface area (Å²) in [6.45, 7) is 5.15. The molecule has 2 aromatic rings. The molecule has 19 heavy (non-hydrogen) atoms. The Hall–Kier alpha value is -1.81. The number of nitrogens with one attached hydrogen (secondary N) is 1. The molecule has 0 amide bonds. The zero-order valence-corrected chi connectivity index (χ0v) is 11.2. The van der Waals surface area contributed by atoms with Crippen LogP contribution in [0.15, 0.2) is 36.9 Å². The van der Waals surface area contributed by atoms with Crippen molar-refractivity contribution in [2.24, 2.45) is 0 Å². The average Bonchev–Trinajstić information content (AvgIpc) is 2.46. The van der Waals surface area contributed by atoms with Gasteiger partial charge in [0.25, 0.3) is 0 Å². The molecule has 0 saturated carbocycles. The van der Waals surface area contributed by atoms with Crippen molar-refractivity contribution in [1.82, 2.24) is 15.3 Å². The zero-order chi connectivity index (χ0) is 13.7. The van der Waals surface area contributed by atoms with Crippen molar-refractivity contribution >= 4 is 0 Å². The monoisotopic (exact) mass is 259 g/mol. The van der Waals surface area contributed by atoms with Gasteiger partial charge in [0.2, 0.25) is 0 Å². The predicted molar refractivity (Wildman–Crippen MR) is 74.1 cm³/mol. The molecule has 1 atom stereocenters. The van der Waals surface area contributed by atoms with Crippen LogP contribution in [0.25, 0.3) is 11.1 Å². The van der Waals surface area contributed by atoms with Gasteiger partial charge in [-0.3, -0.25) is 0 Å². The summed E-state index contributed by atoms with van der Waals surface area (Å²) in [5.74, 6) is -0.249. The lowest BCUT2D eigenvalue weighted by Gasteiger charge is -2.15. The molecule has 0 radical (unpaired) electrons. The van der Waals surface area contributed by atoms with Gasteiger partial charge < -0.3 is 5.32 Å². The van der Waals surface area contributed by atoms with Gasteiger partial charge >= 0.3 is 0 Å². The van der Waals surface area contributed by atoms with Crippen LogP contribution in [0.3, 0.4) is 0 Å². The maximum Gasteiger partial charge on any atom is 0.131 e. The number of rotatable bonds is 5. The Bertz CT molecular complexity index is 528. The summed E-state index contributed by atoms with van der Waals surface area (Å²) in [7, 11) is 0. The van der Waals surface area contributed by atoms with E-state index in [1.54, 1.807) is 12.4 Å². The molecule has 0 aliphatic carbocycles. The quantitative estimate of drug-likeness (QED) is 0.894. The van der Waals surface area contributed by atoms with Gasteiger partial charge in [0.1, 0.15) is 12.1 Å². The summed E-state index contributed by atoms with van der Waals surface area (Å²) in [6.07, 6.45) is 5.76. The van der Waals surface area contributed by atoms with Crippen LogP contribution in [0, 0.1) is 5.82 Å². The fraction of sp³-hybridized carbons (Fsp3) is 0.333. The van der Waals surface area contributed by atoms with E-state index >= 15 is 0 Å². The van der Waals surface area contributed by atoms with E-state index < -0.39 is 0 Å². The van der Waals surface area contributed by atoms with Crippen LogP contribution in [-0.2, 0) is 0 Å². The summed E-state index contributed by atoms with van der Waals surface area (Å²) in [5, 5.41) is 3.39. The molecule has 2 rings (SSSR count). The van der Waals surface area contributed by atoms with Crippen LogP contribution in [0.4, 0.5) is 4.39 Å². The molecule has 0 spiro atoms.